The standard InChI is InChI=1S/C23H34N4O3.HI/c1-2-24-22(25-12-6-14-27-13-5-3-4-7-21(27)28)26-16-23(10-11-23)18-8-9-19-20(15-18)30-17-29-19;/h8-9,15H,2-7,10-14,16-17H2,1H3,(H2,24,25,26);1H. The van der Waals surface area contributed by atoms with Crippen molar-refractivity contribution in [2.75, 3.05) is 39.5 Å². The fraction of sp³-hybridized carbons (Fsp3) is 0.652. The smallest absolute Gasteiger partial charge is 0.231 e. The van der Waals surface area contributed by atoms with Crippen LogP contribution in [0.1, 0.15) is 57.4 Å². The first-order valence-electron chi connectivity index (χ1n) is 11.4. The van der Waals surface area contributed by atoms with E-state index in [9.17, 15) is 4.79 Å². The minimum atomic E-state index is 0. The van der Waals surface area contributed by atoms with E-state index in [1.165, 1.54) is 12.0 Å². The van der Waals surface area contributed by atoms with Crippen molar-refractivity contribution in [3.8, 4) is 11.5 Å². The molecular weight excluding hydrogens is 507 g/mol. The zero-order chi connectivity index (χ0) is 20.8. The van der Waals surface area contributed by atoms with Crippen molar-refractivity contribution in [3.05, 3.63) is 23.8 Å². The summed E-state index contributed by atoms with van der Waals surface area (Å²) in [5.41, 5.74) is 1.40. The van der Waals surface area contributed by atoms with Gasteiger partial charge in [0.1, 0.15) is 0 Å². The van der Waals surface area contributed by atoms with Gasteiger partial charge in [-0.2, -0.15) is 0 Å². The zero-order valence-electron chi connectivity index (χ0n) is 18.5. The summed E-state index contributed by atoms with van der Waals surface area (Å²) in [7, 11) is 0. The molecule has 0 radical (unpaired) electrons. The number of hydrogen-bond donors (Lipinski definition) is 2. The van der Waals surface area contributed by atoms with Crippen LogP contribution in [-0.4, -0.2) is 56.3 Å². The van der Waals surface area contributed by atoms with Crippen molar-refractivity contribution in [2.45, 2.75) is 57.3 Å². The Morgan fingerprint density at radius 3 is 2.81 bits per heavy atom. The van der Waals surface area contributed by atoms with E-state index >= 15 is 0 Å². The highest BCUT2D eigenvalue weighted by Gasteiger charge is 2.44. The summed E-state index contributed by atoms with van der Waals surface area (Å²) >= 11 is 0. The maximum absolute atomic E-state index is 12.1. The molecule has 1 saturated carbocycles. The number of aliphatic imine (C=N–C) groups is 1. The summed E-state index contributed by atoms with van der Waals surface area (Å²) in [5.74, 6) is 2.84. The average molecular weight is 542 g/mol. The summed E-state index contributed by atoms with van der Waals surface area (Å²) in [4.78, 5) is 19.0. The molecule has 8 heteroatoms. The third-order valence-electron chi connectivity index (χ3n) is 6.29. The molecular formula is C23H35IN4O3. The quantitative estimate of drug-likeness (QED) is 0.228. The number of nitrogens with zero attached hydrogens (tertiary/aromatic N) is 2. The van der Waals surface area contributed by atoms with Crippen LogP contribution in [0, 0.1) is 0 Å². The summed E-state index contributed by atoms with van der Waals surface area (Å²) < 4.78 is 11.0. The van der Waals surface area contributed by atoms with Crippen molar-refractivity contribution in [2.24, 2.45) is 4.99 Å². The van der Waals surface area contributed by atoms with E-state index < -0.39 is 0 Å². The van der Waals surface area contributed by atoms with Crippen LogP contribution >= 0.6 is 24.0 Å². The molecule has 2 fully saturated rings. The van der Waals surface area contributed by atoms with Gasteiger partial charge in [-0.05, 0) is 56.7 Å². The summed E-state index contributed by atoms with van der Waals surface area (Å²) in [6.07, 6.45) is 7.27. The number of benzene rings is 1. The molecule has 1 aromatic rings. The van der Waals surface area contributed by atoms with E-state index in [4.69, 9.17) is 14.5 Å². The van der Waals surface area contributed by atoms with Crippen LogP contribution in [0.2, 0.25) is 0 Å². The van der Waals surface area contributed by atoms with Gasteiger partial charge in [-0.1, -0.05) is 12.5 Å². The summed E-state index contributed by atoms with van der Waals surface area (Å²) in [6, 6.07) is 6.27. The van der Waals surface area contributed by atoms with Crippen molar-refractivity contribution < 1.29 is 14.3 Å². The second kappa shape index (κ2) is 11.2. The lowest BCUT2D eigenvalue weighted by Gasteiger charge is -2.21. The molecule has 0 unspecified atom stereocenters. The Bertz CT molecular complexity index is 782. The third kappa shape index (κ3) is 6.17. The monoisotopic (exact) mass is 542 g/mol. The minimum absolute atomic E-state index is 0. The van der Waals surface area contributed by atoms with E-state index in [0.717, 1.165) is 82.3 Å². The predicted molar refractivity (Wildman–Crippen MR) is 133 cm³/mol. The number of hydrogen-bond acceptors (Lipinski definition) is 4. The lowest BCUT2D eigenvalue weighted by Crippen LogP contribution is -2.40. The van der Waals surface area contributed by atoms with Crippen LogP contribution in [0.4, 0.5) is 0 Å². The zero-order valence-corrected chi connectivity index (χ0v) is 20.8. The molecule has 0 aromatic heterocycles. The maximum atomic E-state index is 12.1. The van der Waals surface area contributed by atoms with E-state index in [1.54, 1.807) is 0 Å². The van der Waals surface area contributed by atoms with Crippen LogP contribution in [-0.2, 0) is 10.2 Å². The van der Waals surface area contributed by atoms with E-state index in [1.807, 2.05) is 11.0 Å². The summed E-state index contributed by atoms with van der Waals surface area (Å²) in [6.45, 7) is 6.52. The number of carbonyl (C=O) groups is 1. The molecule has 172 valence electrons. The molecule has 0 atom stereocenters. The predicted octanol–water partition coefficient (Wildman–Crippen LogP) is 3.41. The fourth-order valence-corrected chi connectivity index (χ4v) is 4.24. The van der Waals surface area contributed by atoms with E-state index in [0.29, 0.717) is 19.1 Å². The van der Waals surface area contributed by atoms with Gasteiger partial charge in [-0.15, -0.1) is 24.0 Å². The number of likely N-dealkylation sites (tertiary alicyclic amines) is 1. The van der Waals surface area contributed by atoms with Gasteiger partial charge in [-0.25, -0.2) is 0 Å². The normalized spacial score (nSPS) is 19.5. The highest BCUT2D eigenvalue weighted by atomic mass is 127. The Morgan fingerprint density at radius 1 is 1.16 bits per heavy atom. The molecule has 2 heterocycles. The number of nitrogens with one attached hydrogen (secondary N) is 2. The average Bonchev–Trinajstić information content (AvgIpc) is 3.45. The molecule has 31 heavy (non-hydrogen) atoms. The Hall–Kier alpha value is -1.71. The van der Waals surface area contributed by atoms with Gasteiger partial charge in [0.25, 0.3) is 0 Å². The molecule has 1 amide bonds. The van der Waals surface area contributed by atoms with Crippen LogP contribution < -0.4 is 20.1 Å². The van der Waals surface area contributed by atoms with Crippen LogP contribution in [0.25, 0.3) is 0 Å². The van der Waals surface area contributed by atoms with Crippen LogP contribution in [0.15, 0.2) is 23.2 Å². The highest BCUT2D eigenvalue weighted by molar-refractivity contribution is 14.0. The summed E-state index contributed by atoms with van der Waals surface area (Å²) in [5, 5.41) is 6.79. The fourth-order valence-electron chi connectivity index (χ4n) is 4.24. The number of halogens is 1. The van der Waals surface area contributed by atoms with Crippen LogP contribution in [0.5, 0.6) is 11.5 Å². The molecule has 2 N–H and O–H groups in total. The highest BCUT2D eigenvalue weighted by Crippen LogP contribution is 2.50. The molecule has 7 nitrogen and oxygen atoms in total. The third-order valence-corrected chi connectivity index (χ3v) is 6.29. The van der Waals surface area contributed by atoms with Crippen molar-refractivity contribution in [1.82, 2.24) is 15.5 Å². The Labute approximate surface area is 202 Å². The Kier molecular flexibility index (Phi) is 8.68. The minimum Gasteiger partial charge on any atom is -0.454 e. The van der Waals surface area contributed by atoms with Gasteiger partial charge >= 0.3 is 0 Å². The van der Waals surface area contributed by atoms with E-state index in [2.05, 4.69) is 29.7 Å². The largest absolute Gasteiger partial charge is 0.454 e. The lowest BCUT2D eigenvalue weighted by molar-refractivity contribution is -0.130. The maximum Gasteiger partial charge on any atom is 0.231 e. The van der Waals surface area contributed by atoms with Gasteiger partial charge in [0.05, 0.1) is 6.54 Å². The second-order valence-electron chi connectivity index (χ2n) is 8.52. The number of guanidine groups is 1. The van der Waals surface area contributed by atoms with E-state index in [-0.39, 0.29) is 29.4 Å². The molecule has 0 spiro atoms. The Balaban J connectivity index is 0.00000272. The second-order valence-corrected chi connectivity index (χ2v) is 8.52. The molecule has 3 aliphatic rings. The number of fused-ring (bicyclic) bond motifs is 1. The number of ether oxygens (including phenoxy) is 2. The topological polar surface area (TPSA) is 75.2 Å². The van der Waals surface area contributed by atoms with Gasteiger partial charge < -0.3 is 25.0 Å². The van der Waals surface area contributed by atoms with Gasteiger partial charge in [0.15, 0.2) is 17.5 Å². The van der Waals surface area contributed by atoms with Crippen molar-refractivity contribution in [1.29, 1.82) is 0 Å². The van der Waals surface area contributed by atoms with Gasteiger partial charge in [0.2, 0.25) is 12.7 Å². The first-order chi connectivity index (χ1) is 14.7. The van der Waals surface area contributed by atoms with Crippen molar-refractivity contribution in [3.63, 3.8) is 0 Å². The van der Waals surface area contributed by atoms with Crippen LogP contribution in [0.3, 0.4) is 0 Å². The molecule has 1 aliphatic carbocycles. The number of carbonyl (C=O) groups excluding carboxylic acids is 1. The lowest BCUT2D eigenvalue weighted by atomic mass is 9.96. The molecule has 1 saturated heterocycles. The first kappa shape index (κ1) is 23.9. The first-order valence-corrected chi connectivity index (χ1v) is 11.4. The van der Waals surface area contributed by atoms with Gasteiger partial charge in [0, 0.05) is 38.0 Å². The Morgan fingerprint density at radius 2 is 2.00 bits per heavy atom. The van der Waals surface area contributed by atoms with Crippen molar-refractivity contribution >= 4 is 35.8 Å². The molecule has 2 aliphatic heterocycles. The number of rotatable bonds is 8. The molecule has 1 aromatic carbocycles. The SMILES string of the molecule is CCNC(=NCC1(c2ccc3c(c2)OCO3)CC1)NCCCN1CCCCCC1=O.I. The van der Waals surface area contributed by atoms with Gasteiger partial charge in [-0.3, -0.25) is 9.79 Å². The molecule has 4 rings (SSSR count). The molecule has 0 bridgehead atoms. The number of amides is 1.